The van der Waals surface area contributed by atoms with Gasteiger partial charge in [-0.3, -0.25) is 0 Å². The van der Waals surface area contributed by atoms with Gasteiger partial charge in [-0.25, -0.2) is 4.98 Å². The Hall–Kier alpha value is 0.0700. The number of pyridine rings is 1. The lowest BCUT2D eigenvalue weighted by Gasteiger charge is -2.18. The van der Waals surface area contributed by atoms with Crippen LogP contribution in [0.2, 0.25) is 5.02 Å². The molecule has 1 fully saturated rings. The fourth-order valence-corrected chi connectivity index (χ4v) is 3.17. The van der Waals surface area contributed by atoms with Gasteiger partial charge in [0.1, 0.15) is 5.82 Å². The van der Waals surface area contributed by atoms with E-state index in [-0.39, 0.29) is 0 Å². The van der Waals surface area contributed by atoms with Crippen LogP contribution in [0.1, 0.15) is 6.42 Å². The number of hydrogen-bond acceptors (Lipinski definition) is 3. The van der Waals surface area contributed by atoms with E-state index in [9.17, 15) is 0 Å². The van der Waals surface area contributed by atoms with Crippen molar-refractivity contribution in [1.29, 1.82) is 0 Å². The van der Waals surface area contributed by atoms with Crippen molar-refractivity contribution in [3.05, 3.63) is 21.8 Å². The quantitative estimate of drug-likeness (QED) is 0.832. The van der Waals surface area contributed by atoms with Gasteiger partial charge < -0.3 is 4.90 Å². The van der Waals surface area contributed by atoms with Crippen LogP contribution >= 0.6 is 39.3 Å². The second kappa shape index (κ2) is 4.93. The van der Waals surface area contributed by atoms with Gasteiger partial charge in [0.2, 0.25) is 0 Å². The Morgan fingerprint density at radius 2 is 2.47 bits per heavy atom. The van der Waals surface area contributed by atoms with Gasteiger partial charge in [0.15, 0.2) is 0 Å². The maximum atomic E-state index is 6.16. The highest BCUT2D eigenvalue weighted by Gasteiger charge is 2.24. The molecule has 1 saturated heterocycles. The van der Waals surface area contributed by atoms with Crippen LogP contribution < -0.4 is 4.90 Å². The zero-order chi connectivity index (χ0) is 10.8. The molecule has 0 amide bonds. The van der Waals surface area contributed by atoms with Crippen LogP contribution in [0.3, 0.4) is 0 Å². The largest absolute Gasteiger partial charge is 0.354 e. The lowest BCUT2D eigenvalue weighted by molar-refractivity contribution is 0.937. The molecule has 0 spiro atoms. The third-order valence-corrected chi connectivity index (χ3v) is 4.33. The lowest BCUT2D eigenvalue weighted by Crippen LogP contribution is -2.21. The molecule has 0 saturated carbocycles. The van der Waals surface area contributed by atoms with E-state index >= 15 is 0 Å². The van der Waals surface area contributed by atoms with Crippen LogP contribution in [0.15, 0.2) is 16.7 Å². The van der Waals surface area contributed by atoms with Gasteiger partial charge in [0, 0.05) is 29.0 Å². The Bertz CT molecular complexity index is 361. The fraction of sp³-hybridized carbons (Fsp3) is 0.500. The molecule has 0 aromatic carbocycles. The molecule has 0 bridgehead atoms. The maximum Gasteiger partial charge on any atom is 0.147 e. The van der Waals surface area contributed by atoms with E-state index in [1.54, 1.807) is 6.20 Å². The predicted octanol–water partition coefficient (Wildman–Crippen LogP) is 3.44. The Kier molecular flexibility index (Phi) is 3.80. The molecule has 82 valence electrons. The minimum Gasteiger partial charge on any atom is -0.354 e. The summed E-state index contributed by atoms with van der Waals surface area (Å²) < 4.78 is 0.928. The molecule has 1 unspecified atom stereocenters. The molecule has 5 heteroatoms. The van der Waals surface area contributed by atoms with Crippen LogP contribution in [0.25, 0.3) is 0 Å². The van der Waals surface area contributed by atoms with Gasteiger partial charge in [-0.05, 0) is 34.7 Å². The summed E-state index contributed by atoms with van der Waals surface area (Å²) in [5.74, 6) is 0.913. The van der Waals surface area contributed by atoms with Gasteiger partial charge in [-0.2, -0.15) is 11.8 Å². The number of nitrogens with zero attached hydrogens (tertiary/aromatic N) is 2. The van der Waals surface area contributed by atoms with E-state index < -0.39 is 0 Å². The molecule has 1 aromatic rings. The summed E-state index contributed by atoms with van der Waals surface area (Å²) >= 11 is 11.4. The number of rotatable bonds is 2. The molecule has 2 rings (SSSR count). The van der Waals surface area contributed by atoms with E-state index in [0.29, 0.717) is 5.25 Å². The highest BCUT2D eigenvalue weighted by atomic mass is 79.9. The molecule has 15 heavy (non-hydrogen) atoms. The highest BCUT2D eigenvalue weighted by molar-refractivity contribution is 9.10. The van der Waals surface area contributed by atoms with Gasteiger partial charge >= 0.3 is 0 Å². The average molecular weight is 308 g/mol. The third-order valence-electron chi connectivity index (χ3n) is 2.57. The highest BCUT2D eigenvalue weighted by Crippen LogP contribution is 2.30. The summed E-state index contributed by atoms with van der Waals surface area (Å²) in [4.78, 5) is 6.63. The fourth-order valence-electron chi connectivity index (χ4n) is 1.75. The van der Waals surface area contributed by atoms with Crippen LogP contribution in [-0.4, -0.2) is 29.6 Å². The Balaban J connectivity index is 2.17. The molecule has 2 heterocycles. The van der Waals surface area contributed by atoms with Crippen molar-refractivity contribution >= 4 is 45.1 Å². The van der Waals surface area contributed by atoms with E-state index in [4.69, 9.17) is 11.6 Å². The second-order valence-corrected chi connectivity index (χ2v) is 6.01. The predicted molar refractivity (Wildman–Crippen MR) is 71.1 cm³/mol. The van der Waals surface area contributed by atoms with Crippen molar-refractivity contribution in [3.63, 3.8) is 0 Å². The van der Waals surface area contributed by atoms with E-state index in [2.05, 4.69) is 32.1 Å². The first-order chi connectivity index (χ1) is 7.20. The monoisotopic (exact) mass is 306 g/mol. The topological polar surface area (TPSA) is 16.1 Å². The first kappa shape index (κ1) is 11.6. The van der Waals surface area contributed by atoms with Crippen molar-refractivity contribution in [1.82, 2.24) is 4.98 Å². The van der Waals surface area contributed by atoms with Crippen LogP contribution in [0, 0.1) is 0 Å². The zero-order valence-electron chi connectivity index (χ0n) is 8.41. The standard InChI is InChI=1S/C10H12BrClN2S/c1-15-8-2-3-14(6-8)10-9(12)4-7(11)5-13-10/h4-5,8H,2-3,6H2,1H3. The molecule has 1 aliphatic heterocycles. The van der Waals surface area contributed by atoms with Gasteiger partial charge in [-0.1, -0.05) is 11.6 Å². The minimum atomic E-state index is 0.714. The number of anilines is 1. The Morgan fingerprint density at radius 1 is 1.67 bits per heavy atom. The smallest absolute Gasteiger partial charge is 0.147 e. The lowest BCUT2D eigenvalue weighted by atomic mass is 10.4. The summed E-state index contributed by atoms with van der Waals surface area (Å²) in [5, 5.41) is 1.44. The summed E-state index contributed by atoms with van der Waals surface area (Å²) in [6.45, 7) is 2.11. The van der Waals surface area contributed by atoms with Crippen LogP contribution in [0.4, 0.5) is 5.82 Å². The van der Waals surface area contributed by atoms with Gasteiger partial charge in [0.25, 0.3) is 0 Å². The molecule has 1 aliphatic rings. The number of aromatic nitrogens is 1. The van der Waals surface area contributed by atoms with Crippen molar-refractivity contribution in [2.45, 2.75) is 11.7 Å². The normalized spacial score (nSPS) is 21.0. The van der Waals surface area contributed by atoms with Crippen molar-refractivity contribution in [2.24, 2.45) is 0 Å². The van der Waals surface area contributed by atoms with Crippen molar-refractivity contribution in [3.8, 4) is 0 Å². The average Bonchev–Trinajstić information content (AvgIpc) is 2.66. The first-order valence-electron chi connectivity index (χ1n) is 4.79. The second-order valence-electron chi connectivity index (χ2n) is 3.55. The summed E-state index contributed by atoms with van der Waals surface area (Å²) in [6, 6.07) is 1.90. The molecular formula is C10H12BrClN2S. The maximum absolute atomic E-state index is 6.16. The molecule has 0 aliphatic carbocycles. The molecule has 0 N–H and O–H groups in total. The van der Waals surface area contributed by atoms with E-state index in [1.807, 2.05) is 17.8 Å². The van der Waals surface area contributed by atoms with E-state index in [0.717, 1.165) is 28.4 Å². The Morgan fingerprint density at radius 3 is 3.07 bits per heavy atom. The third kappa shape index (κ3) is 2.60. The van der Waals surface area contributed by atoms with Crippen LogP contribution in [-0.2, 0) is 0 Å². The van der Waals surface area contributed by atoms with E-state index in [1.165, 1.54) is 6.42 Å². The molecular weight excluding hydrogens is 296 g/mol. The van der Waals surface area contributed by atoms with Gasteiger partial charge in [0.05, 0.1) is 5.02 Å². The summed E-state index contributed by atoms with van der Waals surface area (Å²) in [6.07, 6.45) is 5.17. The summed E-state index contributed by atoms with van der Waals surface area (Å²) in [5.41, 5.74) is 0. The molecule has 2 nitrogen and oxygen atoms in total. The first-order valence-corrected chi connectivity index (χ1v) is 7.25. The molecule has 0 radical (unpaired) electrons. The summed E-state index contributed by atoms with van der Waals surface area (Å²) in [7, 11) is 0. The zero-order valence-corrected chi connectivity index (χ0v) is 11.6. The minimum absolute atomic E-state index is 0.714. The number of hydrogen-bond donors (Lipinski definition) is 0. The van der Waals surface area contributed by atoms with Gasteiger partial charge in [-0.15, -0.1) is 0 Å². The molecule has 1 atom stereocenters. The van der Waals surface area contributed by atoms with Crippen molar-refractivity contribution in [2.75, 3.05) is 24.2 Å². The van der Waals surface area contributed by atoms with Crippen molar-refractivity contribution < 1.29 is 0 Å². The molecule has 1 aromatic heterocycles. The Labute approximate surface area is 108 Å². The number of thioether (sulfide) groups is 1. The SMILES string of the molecule is CSC1CCN(c2ncc(Br)cc2Cl)C1. The van der Waals surface area contributed by atoms with Crippen LogP contribution in [0.5, 0.6) is 0 Å². The number of halogens is 2.